The molecular formula is C17H25N5O3. The maximum absolute atomic E-state index is 12.6. The summed E-state index contributed by atoms with van der Waals surface area (Å²) in [4.78, 5) is 38.7. The molecule has 2 aliphatic heterocycles. The highest BCUT2D eigenvalue weighted by Gasteiger charge is 2.25. The van der Waals surface area contributed by atoms with Gasteiger partial charge in [-0.3, -0.25) is 4.79 Å². The molecule has 8 nitrogen and oxygen atoms in total. The lowest BCUT2D eigenvalue weighted by atomic mass is 10.1. The largest absolute Gasteiger partial charge is 0.450 e. The predicted molar refractivity (Wildman–Crippen MR) is 92.6 cm³/mol. The Morgan fingerprint density at radius 2 is 1.76 bits per heavy atom. The average molecular weight is 347 g/mol. The highest BCUT2D eigenvalue weighted by molar-refractivity contribution is 5.92. The quantitative estimate of drug-likeness (QED) is 0.822. The summed E-state index contributed by atoms with van der Waals surface area (Å²) in [5, 5.41) is 0. The van der Waals surface area contributed by atoms with Crippen molar-refractivity contribution < 1.29 is 14.3 Å². The van der Waals surface area contributed by atoms with Gasteiger partial charge in [-0.1, -0.05) is 0 Å². The van der Waals surface area contributed by atoms with Crippen molar-refractivity contribution in [2.24, 2.45) is 0 Å². The molecule has 3 heterocycles. The number of carbonyl (C=O) groups excluding carboxylic acids is 2. The second-order valence-electron chi connectivity index (χ2n) is 6.27. The minimum absolute atomic E-state index is 0.0199. The van der Waals surface area contributed by atoms with Gasteiger partial charge in [-0.15, -0.1) is 0 Å². The number of hydrogen-bond acceptors (Lipinski definition) is 6. The van der Waals surface area contributed by atoms with Crippen molar-refractivity contribution in [3.63, 3.8) is 0 Å². The van der Waals surface area contributed by atoms with Gasteiger partial charge in [0, 0.05) is 45.5 Å². The second-order valence-corrected chi connectivity index (χ2v) is 6.27. The Morgan fingerprint density at radius 3 is 2.44 bits per heavy atom. The van der Waals surface area contributed by atoms with Gasteiger partial charge in [-0.2, -0.15) is 0 Å². The van der Waals surface area contributed by atoms with Crippen LogP contribution in [0.15, 0.2) is 12.3 Å². The third-order valence-corrected chi connectivity index (χ3v) is 4.59. The van der Waals surface area contributed by atoms with Crippen LogP contribution in [0.5, 0.6) is 0 Å². The third-order valence-electron chi connectivity index (χ3n) is 4.59. The Bertz CT molecular complexity index is 610. The highest BCUT2D eigenvalue weighted by atomic mass is 16.6. The van der Waals surface area contributed by atoms with Gasteiger partial charge in [0.05, 0.1) is 6.61 Å². The van der Waals surface area contributed by atoms with Gasteiger partial charge in [0.1, 0.15) is 5.69 Å². The Kier molecular flexibility index (Phi) is 5.67. The number of piperazine rings is 1. The molecule has 0 aliphatic carbocycles. The molecule has 0 aromatic carbocycles. The summed E-state index contributed by atoms with van der Waals surface area (Å²) in [6.45, 7) is 6.15. The number of amides is 2. The molecule has 2 fully saturated rings. The summed E-state index contributed by atoms with van der Waals surface area (Å²) >= 11 is 0. The highest BCUT2D eigenvalue weighted by Crippen LogP contribution is 2.15. The van der Waals surface area contributed by atoms with E-state index in [-0.39, 0.29) is 12.0 Å². The second kappa shape index (κ2) is 8.13. The summed E-state index contributed by atoms with van der Waals surface area (Å²) in [6.07, 6.45) is 4.65. The molecule has 2 saturated heterocycles. The monoisotopic (exact) mass is 347 g/mol. The molecule has 3 rings (SSSR count). The summed E-state index contributed by atoms with van der Waals surface area (Å²) in [5.74, 6) is 0.528. The van der Waals surface area contributed by atoms with E-state index >= 15 is 0 Å². The molecule has 0 atom stereocenters. The first-order chi connectivity index (χ1) is 12.2. The zero-order valence-electron chi connectivity index (χ0n) is 14.7. The summed E-state index contributed by atoms with van der Waals surface area (Å²) in [6, 6.07) is 1.68. The molecule has 136 valence electrons. The molecule has 25 heavy (non-hydrogen) atoms. The van der Waals surface area contributed by atoms with Crippen molar-refractivity contribution in [2.45, 2.75) is 26.2 Å². The topological polar surface area (TPSA) is 78.9 Å². The molecule has 0 radical (unpaired) electrons. The van der Waals surface area contributed by atoms with Gasteiger partial charge < -0.3 is 19.4 Å². The zero-order chi connectivity index (χ0) is 17.6. The molecule has 1 aromatic heterocycles. The van der Waals surface area contributed by atoms with Crippen molar-refractivity contribution >= 4 is 17.9 Å². The van der Waals surface area contributed by atoms with Crippen molar-refractivity contribution in [1.82, 2.24) is 19.8 Å². The lowest BCUT2D eigenvalue weighted by Gasteiger charge is -2.34. The van der Waals surface area contributed by atoms with E-state index in [2.05, 4.69) is 9.97 Å². The van der Waals surface area contributed by atoms with Gasteiger partial charge in [0.15, 0.2) is 0 Å². The van der Waals surface area contributed by atoms with Gasteiger partial charge in [-0.25, -0.2) is 14.8 Å². The van der Waals surface area contributed by atoms with Crippen LogP contribution in [0.25, 0.3) is 0 Å². The van der Waals surface area contributed by atoms with E-state index in [9.17, 15) is 9.59 Å². The minimum atomic E-state index is -0.280. The molecule has 1 aromatic rings. The Hall–Kier alpha value is -2.38. The normalized spacial score (nSPS) is 18.2. The van der Waals surface area contributed by atoms with Crippen LogP contribution >= 0.6 is 0 Å². The number of anilines is 1. The van der Waals surface area contributed by atoms with Crippen molar-refractivity contribution in [1.29, 1.82) is 0 Å². The molecule has 0 bridgehead atoms. The number of hydrogen-bond donors (Lipinski definition) is 0. The van der Waals surface area contributed by atoms with Crippen molar-refractivity contribution in [3.8, 4) is 0 Å². The van der Waals surface area contributed by atoms with Crippen LogP contribution in [0.4, 0.5) is 10.7 Å². The lowest BCUT2D eigenvalue weighted by Crippen LogP contribution is -2.49. The zero-order valence-corrected chi connectivity index (χ0v) is 14.7. The number of carbonyl (C=O) groups is 2. The molecular weight excluding hydrogens is 322 g/mol. The van der Waals surface area contributed by atoms with Crippen LogP contribution in [0.3, 0.4) is 0 Å². The molecule has 0 unspecified atom stereocenters. The van der Waals surface area contributed by atoms with Crippen LogP contribution in [-0.2, 0) is 4.74 Å². The molecule has 0 N–H and O–H groups in total. The number of piperidine rings is 1. The number of aromatic nitrogens is 2. The van der Waals surface area contributed by atoms with E-state index in [0.717, 1.165) is 25.9 Å². The Labute approximate surface area is 147 Å². The van der Waals surface area contributed by atoms with Crippen LogP contribution in [0.2, 0.25) is 0 Å². The van der Waals surface area contributed by atoms with Crippen LogP contribution in [-0.4, -0.2) is 77.6 Å². The maximum atomic E-state index is 12.6. The molecule has 2 aliphatic rings. The Balaban J connectivity index is 1.62. The fourth-order valence-corrected chi connectivity index (χ4v) is 3.18. The van der Waals surface area contributed by atoms with E-state index in [0.29, 0.717) is 44.4 Å². The first kappa shape index (κ1) is 17.4. The smallest absolute Gasteiger partial charge is 0.409 e. The Morgan fingerprint density at radius 1 is 1.04 bits per heavy atom. The van der Waals surface area contributed by atoms with E-state index in [1.165, 1.54) is 6.42 Å². The van der Waals surface area contributed by atoms with E-state index in [4.69, 9.17) is 4.74 Å². The summed E-state index contributed by atoms with van der Waals surface area (Å²) in [5.41, 5.74) is 0.444. The summed E-state index contributed by atoms with van der Waals surface area (Å²) in [7, 11) is 0. The molecule has 8 heteroatoms. The van der Waals surface area contributed by atoms with E-state index in [1.54, 1.807) is 24.1 Å². The van der Waals surface area contributed by atoms with Crippen LogP contribution in [0, 0.1) is 0 Å². The van der Waals surface area contributed by atoms with Gasteiger partial charge in [0.25, 0.3) is 5.91 Å². The fourth-order valence-electron chi connectivity index (χ4n) is 3.18. The molecule has 0 spiro atoms. The van der Waals surface area contributed by atoms with Crippen molar-refractivity contribution in [3.05, 3.63) is 18.0 Å². The third kappa shape index (κ3) is 4.18. The van der Waals surface area contributed by atoms with Crippen molar-refractivity contribution in [2.75, 3.05) is 50.8 Å². The number of rotatable bonds is 3. The van der Waals surface area contributed by atoms with Gasteiger partial charge >= 0.3 is 6.09 Å². The van der Waals surface area contributed by atoms with Crippen LogP contribution in [0.1, 0.15) is 36.7 Å². The SMILES string of the molecule is CCOC(=O)N1CCN(c2nccc(C(=O)N3CCCCC3)n2)CC1. The lowest BCUT2D eigenvalue weighted by molar-refractivity contribution is 0.0718. The van der Waals surface area contributed by atoms with Gasteiger partial charge in [-0.05, 0) is 32.3 Å². The van der Waals surface area contributed by atoms with Crippen LogP contribution < -0.4 is 4.90 Å². The standard InChI is InChI=1S/C17H25N5O3/c1-2-25-17(24)22-12-10-21(11-13-22)16-18-7-6-14(19-16)15(23)20-8-4-3-5-9-20/h6-7H,2-5,8-13H2,1H3. The summed E-state index contributed by atoms with van der Waals surface area (Å²) < 4.78 is 5.03. The molecule has 0 saturated carbocycles. The number of ether oxygens (including phenoxy) is 1. The van der Waals surface area contributed by atoms with E-state index in [1.807, 2.05) is 9.80 Å². The molecule has 2 amide bonds. The number of likely N-dealkylation sites (tertiary alicyclic amines) is 1. The average Bonchev–Trinajstić information content (AvgIpc) is 2.68. The first-order valence-corrected chi connectivity index (χ1v) is 8.98. The number of nitrogens with zero attached hydrogens (tertiary/aromatic N) is 5. The minimum Gasteiger partial charge on any atom is -0.450 e. The fraction of sp³-hybridized carbons (Fsp3) is 0.647. The predicted octanol–water partition coefficient (Wildman–Crippen LogP) is 1.38. The van der Waals surface area contributed by atoms with E-state index < -0.39 is 0 Å². The van der Waals surface area contributed by atoms with Gasteiger partial charge in [0.2, 0.25) is 5.95 Å². The first-order valence-electron chi connectivity index (χ1n) is 8.98. The maximum Gasteiger partial charge on any atom is 0.409 e.